The van der Waals surface area contributed by atoms with Crippen LogP contribution in [-0.2, 0) is 9.53 Å². The molecule has 3 heteroatoms. The van der Waals surface area contributed by atoms with Crippen molar-refractivity contribution in [3.05, 3.63) is 11.6 Å². The number of nitrogens with one attached hydrogen (secondary N) is 1. The van der Waals surface area contributed by atoms with Gasteiger partial charge in [0.1, 0.15) is 6.04 Å². The van der Waals surface area contributed by atoms with Gasteiger partial charge >= 0.3 is 5.97 Å². The van der Waals surface area contributed by atoms with E-state index in [0.29, 0.717) is 6.61 Å². The van der Waals surface area contributed by atoms with Crippen molar-refractivity contribution in [3.8, 4) is 0 Å². The molecule has 0 spiro atoms. The number of ether oxygens (including phenoxy) is 1. The van der Waals surface area contributed by atoms with Crippen molar-refractivity contribution < 1.29 is 9.53 Å². The van der Waals surface area contributed by atoms with Gasteiger partial charge in [0.2, 0.25) is 0 Å². The fourth-order valence-corrected chi connectivity index (χ4v) is 2.18. The van der Waals surface area contributed by atoms with E-state index in [9.17, 15) is 4.79 Å². The molecule has 1 N–H and O–H groups in total. The minimum atomic E-state index is -0.140. The van der Waals surface area contributed by atoms with E-state index in [1.807, 2.05) is 13.8 Å². The second-order valence-electron chi connectivity index (χ2n) is 4.53. The van der Waals surface area contributed by atoms with Crippen LogP contribution in [0.25, 0.3) is 0 Å². The Labute approximate surface area is 105 Å². The second-order valence-corrected chi connectivity index (χ2v) is 4.53. The Morgan fingerprint density at radius 1 is 1.47 bits per heavy atom. The van der Waals surface area contributed by atoms with Crippen molar-refractivity contribution in [3.63, 3.8) is 0 Å². The Kier molecular flexibility index (Phi) is 6.94. The van der Waals surface area contributed by atoms with E-state index in [0.717, 1.165) is 19.4 Å². The predicted molar refractivity (Wildman–Crippen MR) is 69.9 cm³/mol. The molecule has 0 radical (unpaired) electrons. The lowest BCUT2D eigenvalue weighted by Crippen LogP contribution is -2.38. The summed E-state index contributed by atoms with van der Waals surface area (Å²) < 4.78 is 5.02. The van der Waals surface area contributed by atoms with Gasteiger partial charge < -0.3 is 10.1 Å². The average Bonchev–Trinajstić information content (AvgIpc) is 2.36. The first-order valence-corrected chi connectivity index (χ1v) is 6.85. The molecule has 0 aromatic heterocycles. The molecule has 3 nitrogen and oxygen atoms in total. The zero-order valence-corrected chi connectivity index (χ0v) is 11.1. The predicted octanol–water partition coefficient (Wildman–Crippen LogP) is 2.81. The van der Waals surface area contributed by atoms with Gasteiger partial charge in [0.15, 0.2) is 0 Å². The van der Waals surface area contributed by atoms with Gasteiger partial charge in [-0.3, -0.25) is 4.79 Å². The molecule has 0 heterocycles. The molecular formula is C14H25NO2. The SMILES string of the molecule is CCOC(=O)C(CC)NCCC1=CCCCC1. The van der Waals surface area contributed by atoms with E-state index >= 15 is 0 Å². The van der Waals surface area contributed by atoms with Crippen LogP contribution in [0, 0.1) is 0 Å². The van der Waals surface area contributed by atoms with Crippen molar-refractivity contribution >= 4 is 5.97 Å². The van der Waals surface area contributed by atoms with Crippen molar-refractivity contribution in [2.24, 2.45) is 0 Å². The van der Waals surface area contributed by atoms with Gasteiger partial charge in [-0.25, -0.2) is 0 Å². The van der Waals surface area contributed by atoms with E-state index in [1.54, 1.807) is 5.57 Å². The van der Waals surface area contributed by atoms with Crippen LogP contribution in [-0.4, -0.2) is 25.2 Å². The first-order valence-electron chi connectivity index (χ1n) is 6.85. The minimum Gasteiger partial charge on any atom is -0.465 e. The molecule has 0 aliphatic heterocycles. The molecular weight excluding hydrogens is 214 g/mol. The van der Waals surface area contributed by atoms with Gasteiger partial charge in [-0.1, -0.05) is 18.6 Å². The summed E-state index contributed by atoms with van der Waals surface area (Å²) in [7, 11) is 0. The molecule has 98 valence electrons. The number of hydrogen-bond acceptors (Lipinski definition) is 3. The highest BCUT2D eigenvalue weighted by molar-refractivity contribution is 5.75. The number of rotatable bonds is 7. The quantitative estimate of drug-likeness (QED) is 0.548. The standard InChI is InChI=1S/C14H25NO2/c1-3-13(14(16)17-4-2)15-11-10-12-8-6-5-7-9-12/h8,13,15H,3-7,9-11H2,1-2H3. The third-order valence-corrected chi connectivity index (χ3v) is 3.20. The van der Waals surface area contributed by atoms with E-state index in [2.05, 4.69) is 11.4 Å². The number of esters is 1. The summed E-state index contributed by atoms with van der Waals surface area (Å²) in [5.74, 6) is -0.118. The summed E-state index contributed by atoms with van der Waals surface area (Å²) >= 11 is 0. The van der Waals surface area contributed by atoms with Crippen LogP contribution < -0.4 is 5.32 Å². The van der Waals surface area contributed by atoms with E-state index < -0.39 is 0 Å². The molecule has 0 fully saturated rings. The van der Waals surface area contributed by atoms with Crippen LogP contribution in [0.1, 0.15) is 52.4 Å². The number of allylic oxidation sites excluding steroid dienone is 1. The maximum atomic E-state index is 11.6. The molecule has 1 aliphatic carbocycles. The zero-order valence-electron chi connectivity index (χ0n) is 11.1. The molecule has 0 aromatic rings. The summed E-state index contributed by atoms with van der Waals surface area (Å²) in [6, 6.07) is -0.140. The molecule has 0 bridgehead atoms. The van der Waals surface area contributed by atoms with Gasteiger partial charge in [0.05, 0.1) is 6.61 Å². The Hall–Kier alpha value is -0.830. The third-order valence-electron chi connectivity index (χ3n) is 3.20. The highest BCUT2D eigenvalue weighted by Crippen LogP contribution is 2.19. The molecule has 0 aromatic carbocycles. The van der Waals surface area contributed by atoms with Crippen molar-refractivity contribution in [2.75, 3.05) is 13.2 Å². The molecule has 1 unspecified atom stereocenters. The van der Waals surface area contributed by atoms with Crippen molar-refractivity contribution in [1.82, 2.24) is 5.32 Å². The molecule has 0 amide bonds. The van der Waals surface area contributed by atoms with Gasteiger partial charge in [0, 0.05) is 0 Å². The summed E-state index contributed by atoms with van der Waals surface area (Å²) in [5.41, 5.74) is 1.54. The molecule has 17 heavy (non-hydrogen) atoms. The lowest BCUT2D eigenvalue weighted by atomic mass is 9.97. The number of hydrogen-bond donors (Lipinski definition) is 1. The summed E-state index contributed by atoms with van der Waals surface area (Å²) in [4.78, 5) is 11.6. The lowest BCUT2D eigenvalue weighted by molar-refractivity contribution is -0.145. The largest absolute Gasteiger partial charge is 0.465 e. The highest BCUT2D eigenvalue weighted by Gasteiger charge is 2.16. The Morgan fingerprint density at radius 2 is 2.29 bits per heavy atom. The summed E-state index contributed by atoms with van der Waals surface area (Å²) in [6.45, 7) is 5.19. The molecule has 0 saturated heterocycles. The fraction of sp³-hybridized carbons (Fsp3) is 0.786. The van der Waals surface area contributed by atoms with Gasteiger partial charge in [0.25, 0.3) is 0 Å². The van der Waals surface area contributed by atoms with Crippen LogP contribution in [0.15, 0.2) is 11.6 Å². The van der Waals surface area contributed by atoms with Crippen LogP contribution >= 0.6 is 0 Å². The van der Waals surface area contributed by atoms with E-state index in [-0.39, 0.29) is 12.0 Å². The van der Waals surface area contributed by atoms with Crippen LogP contribution in [0.4, 0.5) is 0 Å². The first kappa shape index (κ1) is 14.2. The first-order chi connectivity index (χ1) is 8.27. The van der Waals surface area contributed by atoms with Gasteiger partial charge in [-0.05, 0) is 52.0 Å². The van der Waals surface area contributed by atoms with Crippen molar-refractivity contribution in [2.45, 2.75) is 58.4 Å². The maximum absolute atomic E-state index is 11.6. The van der Waals surface area contributed by atoms with E-state index in [1.165, 1.54) is 25.7 Å². The van der Waals surface area contributed by atoms with Crippen LogP contribution in [0.5, 0.6) is 0 Å². The monoisotopic (exact) mass is 239 g/mol. The van der Waals surface area contributed by atoms with Crippen LogP contribution in [0.3, 0.4) is 0 Å². The summed E-state index contributed by atoms with van der Waals surface area (Å²) in [6.07, 6.45) is 9.32. The average molecular weight is 239 g/mol. The van der Waals surface area contributed by atoms with Crippen molar-refractivity contribution in [1.29, 1.82) is 0 Å². The molecule has 1 atom stereocenters. The Balaban J connectivity index is 2.23. The fourth-order valence-electron chi connectivity index (χ4n) is 2.18. The van der Waals surface area contributed by atoms with E-state index in [4.69, 9.17) is 4.74 Å². The lowest BCUT2D eigenvalue weighted by Gasteiger charge is -2.17. The topological polar surface area (TPSA) is 38.3 Å². The van der Waals surface area contributed by atoms with Gasteiger partial charge in [-0.15, -0.1) is 0 Å². The zero-order chi connectivity index (χ0) is 12.5. The minimum absolute atomic E-state index is 0.118. The van der Waals surface area contributed by atoms with Crippen LogP contribution in [0.2, 0.25) is 0 Å². The Morgan fingerprint density at radius 3 is 2.88 bits per heavy atom. The molecule has 0 saturated carbocycles. The smallest absolute Gasteiger partial charge is 0.323 e. The third kappa shape index (κ3) is 5.35. The maximum Gasteiger partial charge on any atom is 0.323 e. The molecule has 1 aliphatic rings. The Bertz CT molecular complexity index is 261. The normalized spacial score (nSPS) is 17.4. The summed E-state index contributed by atoms with van der Waals surface area (Å²) in [5, 5.41) is 3.29. The second kappa shape index (κ2) is 8.29. The number of carbonyl (C=O) groups excluding carboxylic acids is 1. The molecule has 1 rings (SSSR count). The number of carbonyl (C=O) groups is 1. The highest BCUT2D eigenvalue weighted by atomic mass is 16.5. The van der Waals surface area contributed by atoms with Gasteiger partial charge in [-0.2, -0.15) is 0 Å².